The lowest BCUT2D eigenvalue weighted by atomic mass is 10.1. The Hall–Kier alpha value is -2.33. The van der Waals surface area contributed by atoms with E-state index in [1.807, 2.05) is 58.3 Å². The van der Waals surface area contributed by atoms with Crippen LogP contribution in [0.3, 0.4) is 0 Å². The van der Waals surface area contributed by atoms with Crippen LogP contribution in [0.25, 0.3) is 0 Å². The molecule has 7 nitrogen and oxygen atoms in total. The summed E-state index contributed by atoms with van der Waals surface area (Å²) < 4.78 is 0. The van der Waals surface area contributed by atoms with Gasteiger partial charge in [-0.1, -0.05) is 35.9 Å². The standard InChI is InChI=1S/C23H28ClN5O2.HI/c1-25-23(26-14-17-4-8-19(9-5-17)22(31)27(2)3)29-13-12-28(21(30)16-29)15-18-6-10-20(24)11-7-18;/h4-11H,12-16H2,1-3H3,(H,25,26);1H. The Labute approximate surface area is 211 Å². The fraction of sp³-hybridized carbons (Fsp3) is 0.348. The van der Waals surface area contributed by atoms with Gasteiger partial charge in [0, 0.05) is 57.9 Å². The molecular formula is C23H29ClIN5O2. The van der Waals surface area contributed by atoms with Crippen LogP contribution in [0.5, 0.6) is 0 Å². The number of rotatable bonds is 5. The van der Waals surface area contributed by atoms with Crippen LogP contribution in [0.2, 0.25) is 5.02 Å². The first-order valence-corrected chi connectivity index (χ1v) is 10.5. The van der Waals surface area contributed by atoms with Crippen molar-refractivity contribution in [3.8, 4) is 0 Å². The van der Waals surface area contributed by atoms with E-state index in [4.69, 9.17) is 11.6 Å². The Morgan fingerprint density at radius 2 is 1.69 bits per heavy atom. The molecule has 1 aliphatic rings. The van der Waals surface area contributed by atoms with Gasteiger partial charge in [-0.2, -0.15) is 0 Å². The van der Waals surface area contributed by atoms with Crippen molar-refractivity contribution in [3.63, 3.8) is 0 Å². The Kier molecular flexibility index (Phi) is 9.77. The van der Waals surface area contributed by atoms with Gasteiger partial charge in [0.15, 0.2) is 5.96 Å². The van der Waals surface area contributed by atoms with Crippen molar-refractivity contribution >= 4 is 53.4 Å². The number of carbonyl (C=O) groups excluding carboxylic acids is 2. The van der Waals surface area contributed by atoms with Crippen molar-refractivity contribution in [2.45, 2.75) is 13.1 Å². The minimum absolute atomic E-state index is 0. The first-order chi connectivity index (χ1) is 14.9. The van der Waals surface area contributed by atoms with E-state index in [9.17, 15) is 9.59 Å². The molecule has 2 aromatic rings. The number of benzene rings is 2. The lowest BCUT2D eigenvalue weighted by Gasteiger charge is -2.36. The van der Waals surface area contributed by atoms with E-state index >= 15 is 0 Å². The van der Waals surface area contributed by atoms with Crippen LogP contribution >= 0.6 is 35.6 Å². The molecule has 9 heteroatoms. The van der Waals surface area contributed by atoms with Gasteiger partial charge in [-0.15, -0.1) is 24.0 Å². The Bertz CT molecular complexity index is 948. The molecule has 0 spiro atoms. The average molecular weight is 570 g/mol. The maximum absolute atomic E-state index is 12.7. The first-order valence-electron chi connectivity index (χ1n) is 10.2. The van der Waals surface area contributed by atoms with Gasteiger partial charge in [-0.3, -0.25) is 14.6 Å². The van der Waals surface area contributed by atoms with Crippen molar-refractivity contribution < 1.29 is 9.59 Å². The first kappa shape index (κ1) is 25.9. The number of amides is 2. The molecule has 1 N–H and O–H groups in total. The van der Waals surface area contributed by atoms with Gasteiger partial charge in [0.2, 0.25) is 5.91 Å². The monoisotopic (exact) mass is 569 g/mol. The van der Waals surface area contributed by atoms with Crippen LogP contribution in [0.1, 0.15) is 21.5 Å². The molecule has 0 bridgehead atoms. The third-order valence-electron chi connectivity index (χ3n) is 5.17. The van der Waals surface area contributed by atoms with Crippen molar-refractivity contribution in [2.75, 3.05) is 40.8 Å². The van der Waals surface area contributed by atoms with E-state index < -0.39 is 0 Å². The molecule has 0 aliphatic carbocycles. The number of hydrogen-bond donors (Lipinski definition) is 1. The molecule has 32 heavy (non-hydrogen) atoms. The number of piperazine rings is 1. The van der Waals surface area contributed by atoms with Crippen LogP contribution < -0.4 is 5.32 Å². The zero-order valence-electron chi connectivity index (χ0n) is 18.5. The molecule has 1 heterocycles. The van der Waals surface area contributed by atoms with Gasteiger partial charge in [-0.05, 0) is 35.4 Å². The van der Waals surface area contributed by atoms with Crippen molar-refractivity contribution in [2.24, 2.45) is 4.99 Å². The van der Waals surface area contributed by atoms with Crippen molar-refractivity contribution in [3.05, 3.63) is 70.2 Å². The molecule has 2 amide bonds. The van der Waals surface area contributed by atoms with Crippen LogP contribution in [0.4, 0.5) is 0 Å². The van der Waals surface area contributed by atoms with E-state index in [2.05, 4.69) is 10.3 Å². The van der Waals surface area contributed by atoms with E-state index in [1.165, 1.54) is 0 Å². The third kappa shape index (κ3) is 6.83. The van der Waals surface area contributed by atoms with Crippen molar-refractivity contribution in [1.82, 2.24) is 20.0 Å². The summed E-state index contributed by atoms with van der Waals surface area (Å²) >= 11 is 5.94. The van der Waals surface area contributed by atoms with E-state index in [1.54, 1.807) is 26.0 Å². The number of carbonyl (C=O) groups is 2. The maximum atomic E-state index is 12.7. The van der Waals surface area contributed by atoms with Gasteiger partial charge in [-0.25, -0.2) is 0 Å². The summed E-state index contributed by atoms with van der Waals surface area (Å²) in [6.45, 7) is 2.75. The number of nitrogens with zero attached hydrogens (tertiary/aromatic N) is 4. The molecule has 0 unspecified atom stereocenters. The second kappa shape index (κ2) is 12.1. The number of guanidine groups is 1. The summed E-state index contributed by atoms with van der Waals surface area (Å²) in [5.74, 6) is 0.731. The summed E-state index contributed by atoms with van der Waals surface area (Å²) in [6.07, 6.45) is 0. The third-order valence-corrected chi connectivity index (χ3v) is 5.43. The highest BCUT2D eigenvalue weighted by Gasteiger charge is 2.26. The maximum Gasteiger partial charge on any atom is 0.253 e. The van der Waals surface area contributed by atoms with Crippen LogP contribution in [0, 0.1) is 0 Å². The lowest BCUT2D eigenvalue weighted by molar-refractivity contribution is -0.135. The molecule has 2 aromatic carbocycles. The van der Waals surface area contributed by atoms with E-state index in [-0.39, 0.29) is 42.3 Å². The molecule has 3 rings (SSSR count). The predicted molar refractivity (Wildman–Crippen MR) is 139 cm³/mol. The molecule has 172 valence electrons. The second-order valence-electron chi connectivity index (χ2n) is 7.66. The average Bonchev–Trinajstić information content (AvgIpc) is 2.77. The highest BCUT2D eigenvalue weighted by atomic mass is 127. The number of nitrogens with one attached hydrogen (secondary N) is 1. The van der Waals surface area contributed by atoms with Gasteiger partial charge < -0.3 is 20.0 Å². The van der Waals surface area contributed by atoms with Gasteiger partial charge in [0.05, 0.1) is 6.54 Å². The molecule has 1 aliphatic heterocycles. The number of halogens is 2. The molecule has 0 radical (unpaired) electrons. The minimum atomic E-state index is -0.0229. The van der Waals surface area contributed by atoms with Gasteiger partial charge in [0.1, 0.15) is 0 Å². The quantitative estimate of drug-likeness (QED) is 0.342. The normalized spacial score (nSPS) is 14.1. The molecule has 0 aromatic heterocycles. The zero-order chi connectivity index (χ0) is 22.4. The second-order valence-corrected chi connectivity index (χ2v) is 8.10. The van der Waals surface area contributed by atoms with E-state index in [0.29, 0.717) is 42.7 Å². The Morgan fingerprint density at radius 1 is 1.06 bits per heavy atom. The molecule has 1 fully saturated rings. The summed E-state index contributed by atoms with van der Waals surface area (Å²) in [4.78, 5) is 34.4. The van der Waals surface area contributed by atoms with E-state index in [0.717, 1.165) is 11.1 Å². The molecular weight excluding hydrogens is 541 g/mol. The van der Waals surface area contributed by atoms with Crippen LogP contribution in [0.15, 0.2) is 53.5 Å². The van der Waals surface area contributed by atoms with Gasteiger partial charge in [0.25, 0.3) is 5.91 Å². The fourth-order valence-electron chi connectivity index (χ4n) is 3.40. The highest BCUT2D eigenvalue weighted by Crippen LogP contribution is 2.14. The Morgan fingerprint density at radius 3 is 2.25 bits per heavy atom. The largest absolute Gasteiger partial charge is 0.352 e. The zero-order valence-corrected chi connectivity index (χ0v) is 21.6. The predicted octanol–water partition coefficient (Wildman–Crippen LogP) is 3.08. The fourth-order valence-corrected chi connectivity index (χ4v) is 3.53. The lowest BCUT2D eigenvalue weighted by Crippen LogP contribution is -2.54. The molecule has 1 saturated heterocycles. The highest BCUT2D eigenvalue weighted by molar-refractivity contribution is 14.0. The Balaban J connectivity index is 0.00000363. The van der Waals surface area contributed by atoms with Gasteiger partial charge >= 0.3 is 0 Å². The topological polar surface area (TPSA) is 68.2 Å². The summed E-state index contributed by atoms with van der Waals surface area (Å²) in [6, 6.07) is 15.1. The number of hydrogen-bond acceptors (Lipinski definition) is 3. The minimum Gasteiger partial charge on any atom is -0.352 e. The SMILES string of the molecule is CN=C(NCc1ccc(C(=O)N(C)C)cc1)N1CCN(Cc2ccc(Cl)cc2)C(=O)C1.I. The van der Waals surface area contributed by atoms with Crippen molar-refractivity contribution in [1.29, 1.82) is 0 Å². The summed E-state index contributed by atoms with van der Waals surface area (Å²) in [5, 5.41) is 4.00. The smallest absolute Gasteiger partial charge is 0.253 e. The molecule has 0 saturated carbocycles. The summed E-state index contributed by atoms with van der Waals surface area (Å²) in [5.41, 5.74) is 2.74. The molecule has 0 atom stereocenters. The van der Waals surface area contributed by atoms with Crippen LogP contribution in [-0.4, -0.2) is 73.3 Å². The summed E-state index contributed by atoms with van der Waals surface area (Å²) in [7, 11) is 5.18. The number of aliphatic imine (C=N–C) groups is 1. The van der Waals surface area contributed by atoms with Crippen LogP contribution in [-0.2, 0) is 17.9 Å².